The first kappa shape index (κ1) is 60.4. The van der Waals surface area contributed by atoms with Crippen molar-refractivity contribution in [1.82, 2.24) is 14.7 Å². The second-order valence-corrected chi connectivity index (χ2v) is 8.93. The van der Waals surface area contributed by atoms with Crippen LogP contribution in [-0.4, -0.2) is 126 Å². The van der Waals surface area contributed by atoms with Crippen LogP contribution in [0, 0.1) is 0 Å². The van der Waals surface area contributed by atoms with Crippen LogP contribution >= 0.6 is 0 Å². The molecule has 8 amide bonds. The molecule has 308 valence electrons. The molecule has 5 N–H and O–H groups in total. The lowest BCUT2D eigenvalue weighted by atomic mass is 10.3. The molecule has 3 aliphatic heterocycles. The number of carbonyl (C=O) groups is 10. The fourth-order valence-electron chi connectivity index (χ4n) is 3.06. The molecule has 0 saturated carbocycles. The van der Waals surface area contributed by atoms with Crippen molar-refractivity contribution in [3.8, 4) is 0 Å². The van der Waals surface area contributed by atoms with Gasteiger partial charge in [0.05, 0.1) is 33.3 Å². The zero-order valence-corrected chi connectivity index (χ0v) is 28.2. The first-order valence-electron chi connectivity index (χ1n) is 14.2. The Morgan fingerprint density at radius 1 is 0.722 bits per heavy atom. The first-order valence-corrected chi connectivity index (χ1v) is 14.5. The molecule has 3 aliphatic rings. The van der Waals surface area contributed by atoms with Gasteiger partial charge in [-0.15, -0.1) is 0 Å². The van der Waals surface area contributed by atoms with Gasteiger partial charge in [0.25, 0.3) is 35.4 Å². The molecule has 21 nitrogen and oxygen atoms in total. The predicted octanol–water partition coefficient (Wildman–Crippen LogP) is 1.57. The van der Waals surface area contributed by atoms with Crippen molar-refractivity contribution in [2.45, 2.75) is 62.3 Å². The fraction of sp³-hybridized carbons (Fsp3) is 0.500. The molecule has 3 heterocycles. The van der Waals surface area contributed by atoms with Crippen molar-refractivity contribution in [1.29, 1.82) is 0 Å². The Bertz CT molecular complexity index is 1290. The molecule has 0 bridgehead atoms. The molecule has 0 unspecified atom stereocenters. The number of primary amides is 1. The van der Waals surface area contributed by atoms with E-state index in [1.807, 2.05) is 6.92 Å². The summed E-state index contributed by atoms with van der Waals surface area (Å²) in [7, 11) is 2.32. The average molecular weight is 795 g/mol. The number of ether oxygens (including phenoxy) is 3. The van der Waals surface area contributed by atoms with Gasteiger partial charge in [0, 0.05) is 75.5 Å². The Kier molecular flexibility index (Phi) is 39.8. The highest BCUT2D eigenvalue weighted by molar-refractivity contribution is 7.47. The Hall–Kier alpha value is -5.74. The molecule has 54 heavy (non-hydrogen) atoms. The standard InChI is InChI=1S/C8H8N2O4S.C8H9NO4.C6H5NO4.C4H11NO.C2H5NO2.4CH4/c11-6-3-4-7(12)10(6)5-1-2-8(13)14-9-15;10-6-3-4-7(11)9(6)5-1-2-8(12)13;1-11-6(10)7-4(8)2-3-5(7)9;1-2-6-4-3-5;1-5-2(3)4;;;;/h3-4H,1-2,5H2;3-4H,1-2,5H2,(H,12,13);2-3H,1H3;2-5H2,1H3;1H3,(H2,3,4);4*1H4. The minimum absolute atomic E-state index is 0. The van der Waals surface area contributed by atoms with Gasteiger partial charge in [0.15, 0.2) is 0 Å². The van der Waals surface area contributed by atoms with Crippen molar-refractivity contribution < 1.29 is 72.1 Å². The Labute approximate surface area is 320 Å². The zero-order chi connectivity index (χ0) is 38.6. The summed E-state index contributed by atoms with van der Waals surface area (Å²) in [5.41, 5.74) is 9.52. The highest BCUT2D eigenvalue weighted by atomic mass is 32.1. The van der Waals surface area contributed by atoms with Crippen LogP contribution in [0.1, 0.15) is 62.3 Å². The van der Waals surface area contributed by atoms with Crippen LogP contribution in [0.15, 0.2) is 41.0 Å². The molecule has 0 spiro atoms. The van der Waals surface area contributed by atoms with Gasteiger partial charge < -0.3 is 35.6 Å². The van der Waals surface area contributed by atoms with E-state index in [4.69, 9.17) is 15.6 Å². The zero-order valence-electron chi connectivity index (χ0n) is 27.3. The smallest absolute Gasteiger partial charge is 0.423 e. The number of imide groups is 5. The second-order valence-electron chi connectivity index (χ2n) is 8.79. The Balaban J connectivity index is -0.000000137. The lowest BCUT2D eigenvalue weighted by molar-refractivity contribution is -0.144. The van der Waals surface area contributed by atoms with Gasteiger partial charge in [-0.1, -0.05) is 29.7 Å². The summed E-state index contributed by atoms with van der Waals surface area (Å²) in [4.78, 5) is 113. The van der Waals surface area contributed by atoms with E-state index in [0.29, 0.717) is 30.9 Å². The number of hydrogen-bond acceptors (Lipinski definition) is 17. The van der Waals surface area contributed by atoms with Crippen LogP contribution in [0.2, 0.25) is 0 Å². The number of carbonyl (C=O) groups excluding carboxylic acids is 9. The molecule has 0 aromatic heterocycles. The van der Waals surface area contributed by atoms with Crippen molar-refractivity contribution in [3.05, 3.63) is 36.5 Å². The molecule has 0 aliphatic carbocycles. The summed E-state index contributed by atoms with van der Waals surface area (Å²) >= 11 is 4.08. The van der Waals surface area contributed by atoms with E-state index in [9.17, 15) is 47.9 Å². The van der Waals surface area contributed by atoms with Crippen LogP contribution in [-0.2, 0) is 69.8 Å². The molecule has 0 fully saturated rings. The number of carboxylic acid groups (broad SMARTS) is 1. The molecule has 3 rings (SSSR count). The second kappa shape index (κ2) is 35.7. The Morgan fingerprint density at radius 2 is 1.09 bits per heavy atom. The van der Waals surface area contributed by atoms with E-state index >= 15 is 0 Å². The topological polar surface area (TPSA) is 302 Å². The molecule has 0 aromatic rings. The van der Waals surface area contributed by atoms with Gasteiger partial charge in [0.1, 0.15) is 0 Å². The summed E-state index contributed by atoms with van der Waals surface area (Å²) in [6, 6.07) is 0. The predicted molar refractivity (Wildman–Crippen MR) is 196 cm³/mol. The minimum atomic E-state index is -0.954. The van der Waals surface area contributed by atoms with Crippen LogP contribution < -0.4 is 11.5 Å². The number of hydrogen-bond donors (Lipinski definition) is 3. The summed E-state index contributed by atoms with van der Waals surface area (Å²) in [6.07, 6.45) is 5.75. The molecular formula is C32H54N6O15S. The van der Waals surface area contributed by atoms with E-state index in [1.54, 1.807) is 0 Å². The normalized spacial score (nSPS) is 12.6. The third-order valence-electron chi connectivity index (χ3n) is 5.31. The number of carboxylic acids is 1. The fourth-order valence-corrected chi connectivity index (χ4v) is 3.14. The van der Waals surface area contributed by atoms with Gasteiger partial charge in [-0.05, 0) is 24.3 Å². The molecule has 0 atom stereocenters. The van der Waals surface area contributed by atoms with Crippen molar-refractivity contribution in [2.75, 3.05) is 47.1 Å². The minimum Gasteiger partial charge on any atom is -0.481 e. The first-order chi connectivity index (χ1) is 23.6. The Morgan fingerprint density at radius 3 is 1.37 bits per heavy atom. The average Bonchev–Trinajstić information content (AvgIpc) is 3.71. The van der Waals surface area contributed by atoms with Crippen molar-refractivity contribution in [2.24, 2.45) is 16.0 Å². The lowest BCUT2D eigenvalue weighted by Gasteiger charge is -2.12. The van der Waals surface area contributed by atoms with Crippen LogP contribution in [0.5, 0.6) is 0 Å². The largest absolute Gasteiger partial charge is 0.481 e. The number of amides is 8. The molecule has 22 heteroatoms. The van der Waals surface area contributed by atoms with E-state index in [1.165, 1.54) is 31.4 Å². The number of rotatable bonds is 12. The van der Waals surface area contributed by atoms with Gasteiger partial charge in [0.2, 0.25) is 0 Å². The quantitative estimate of drug-likeness (QED) is 0.143. The number of nitrogens with zero attached hydrogens (tertiary/aromatic N) is 4. The van der Waals surface area contributed by atoms with E-state index in [2.05, 4.69) is 37.0 Å². The van der Waals surface area contributed by atoms with Gasteiger partial charge >= 0.3 is 24.1 Å². The van der Waals surface area contributed by atoms with Gasteiger partial charge in [-0.2, -0.15) is 4.90 Å². The van der Waals surface area contributed by atoms with E-state index < -0.39 is 35.9 Å². The van der Waals surface area contributed by atoms with Crippen LogP contribution in [0.3, 0.4) is 0 Å². The number of aliphatic carboxylic acids is 1. The monoisotopic (exact) mass is 794 g/mol. The summed E-state index contributed by atoms with van der Waals surface area (Å²) < 4.78 is 15.7. The maximum absolute atomic E-state index is 11.1. The van der Waals surface area contributed by atoms with Gasteiger partial charge in [-0.25, -0.2) is 14.4 Å². The molecule has 0 saturated heterocycles. The maximum atomic E-state index is 11.1. The highest BCUT2D eigenvalue weighted by Gasteiger charge is 2.30. The summed E-state index contributed by atoms with van der Waals surface area (Å²) in [5, 5.41) is 8.32. The maximum Gasteiger partial charge on any atom is 0.423 e. The van der Waals surface area contributed by atoms with Gasteiger partial charge in [-0.3, -0.25) is 43.4 Å². The third kappa shape index (κ3) is 27.0. The van der Waals surface area contributed by atoms with E-state index in [-0.39, 0.29) is 79.3 Å². The number of nitrogens with two attached hydrogens (primary N) is 2. The molecular weight excluding hydrogens is 740 g/mol. The summed E-state index contributed by atoms with van der Waals surface area (Å²) in [5.74, 6) is -4.28. The summed E-state index contributed by atoms with van der Waals surface area (Å²) in [6.45, 7) is 4.42. The SMILES string of the molecule is C.C.C.C.CCOCCN.COC(=O)N1C(=O)C=CC1=O.COC(N)=O.O=C(CCCN1C(=O)C=CC1=O)ON=S.O=C(O)CCCN1C(=O)C=CC1=O. The van der Waals surface area contributed by atoms with Crippen LogP contribution in [0.4, 0.5) is 9.59 Å². The molecule has 0 radical (unpaired) electrons. The van der Waals surface area contributed by atoms with E-state index in [0.717, 1.165) is 35.7 Å². The highest BCUT2D eigenvalue weighted by Crippen LogP contribution is 2.07. The lowest BCUT2D eigenvalue weighted by Crippen LogP contribution is -2.35. The third-order valence-corrected chi connectivity index (χ3v) is 5.38. The van der Waals surface area contributed by atoms with Crippen LogP contribution in [0.25, 0.3) is 0 Å². The van der Waals surface area contributed by atoms with Crippen molar-refractivity contribution >= 4 is 72.0 Å². The number of methoxy groups -OCH3 is 2. The molecule has 0 aromatic carbocycles. The van der Waals surface area contributed by atoms with Crippen molar-refractivity contribution in [3.63, 3.8) is 0 Å².